The summed E-state index contributed by atoms with van der Waals surface area (Å²) < 4.78 is 5.39. The van der Waals surface area contributed by atoms with Gasteiger partial charge in [0, 0.05) is 37.8 Å². The molecule has 1 saturated carbocycles. The summed E-state index contributed by atoms with van der Waals surface area (Å²) in [7, 11) is 0. The van der Waals surface area contributed by atoms with Crippen molar-refractivity contribution in [3.05, 3.63) is 58.9 Å². The topological polar surface area (TPSA) is 79.5 Å². The summed E-state index contributed by atoms with van der Waals surface area (Å²) in [5.74, 6) is 0.457. The van der Waals surface area contributed by atoms with Crippen molar-refractivity contribution in [2.75, 3.05) is 26.2 Å². The summed E-state index contributed by atoms with van der Waals surface area (Å²) in [6.45, 7) is 7.81. The molecule has 1 aromatic carbocycles. The minimum atomic E-state index is -0.608. The highest BCUT2D eigenvalue weighted by molar-refractivity contribution is 6.06. The Kier molecular flexibility index (Phi) is 4.99. The van der Waals surface area contributed by atoms with Gasteiger partial charge in [0.25, 0.3) is 11.6 Å². The number of nitrogens with zero attached hydrogens (tertiary/aromatic N) is 4. The number of aryl methyl sites for hydroxylation is 1. The number of hydrogen-bond acceptors (Lipinski definition) is 5. The Morgan fingerprint density at radius 1 is 1.03 bits per heavy atom. The van der Waals surface area contributed by atoms with Crippen LogP contribution in [-0.4, -0.2) is 57.9 Å². The number of carbonyl (C=O) groups is 2. The van der Waals surface area contributed by atoms with E-state index in [1.165, 1.54) is 0 Å². The Hall–Kier alpha value is -3.22. The quantitative estimate of drug-likeness (QED) is 0.628. The highest BCUT2D eigenvalue weighted by Gasteiger charge is 2.36. The highest BCUT2D eigenvalue weighted by Crippen LogP contribution is 2.40. The van der Waals surface area contributed by atoms with Gasteiger partial charge in [-0.1, -0.05) is 35.5 Å². The Balaban J connectivity index is 1.33. The molecule has 7 nitrogen and oxygen atoms in total. The number of carbonyl (C=O) groups excluding carboxylic acids is 2. The van der Waals surface area contributed by atoms with Gasteiger partial charge in [0.2, 0.25) is 5.91 Å². The van der Waals surface area contributed by atoms with E-state index in [4.69, 9.17) is 4.52 Å². The third kappa shape index (κ3) is 3.55. The molecule has 2 aliphatic rings. The molecule has 2 fully saturated rings. The number of fused-ring (bicyclic) bond motifs is 1. The fourth-order valence-electron chi connectivity index (χ4n) is 4.53. The minimum Gasteiger partial charge on any atom is -0.338 e. The number of pyridine rings is 1. The molecule has 3 aromatic rings. The molecule has 0 atom stereocenters. The van der Waals surface area contributed by atoms with Crippen LogP contribution in [0, 0.1) is 6.92 Å². The number of benzene rings is 1. The van der Waals surface area contributed by atoms with E-state index in [2.05, 4.69) is 10.1 Å². The second-order valence-corrected chi connectivity index (χ2v) is 9.39. The van der Waals surface area contributed by atoms with Crippen LogP contribution in [0.3, 0.4) is 0 Å². The summed E-state index contributed by atoms with van der Waals surface area (Å²) >= 11 is 0. The van der Waals surface area contributed by atoms with E-state index in [-0.39, 0.29) is 11.8 Å². The molecular formula is C25H28N4O3. The summed E-state index contributed by atoms with van der Waals surface area (Å²) in [4.78, 5) is 35.0. The molecule has 166 valence electrons. The van der Waals surface area contributed by atoms with Crippen molar-refractivity contribution in [3.8, 4) is 0 Å². The van der Waals surface area contributed by atoms with Crippen LogP contribution in [0.5, 0.6) is 0 Å². The van der Waals surface area contributed by atoms with Crippen LogP contribution in [0.4, 0.5) is 0 Å². The molecular weight excluding hydrogens is 404 g/mol. The van der Waals surface area contributed by atoms with Crippen molar-refractivity contribution in [3.63, 3.8) is 0 Å². The number of amides is 2. The summed E-state index contributed by atoms with van der Waals surface area (Å²) in [6, 6.07) is 11.8. The molecule has 1 aliphatic heterocycles. The van der Waals surface area contributed by atoms with Gasteiger partial charge in [0.05, 0.1) is 22.1 Å². The lowest BCUT2D eigenvalue weighted by molar-refractivity contribution is -0.137. The maximum atomic E-state index is 13.5. The third-order valence-corrected chi connectivity index (χ3v) is 6.75. The molecule has 0 radical (unpaired) electrons. The molecule has 7 heteroatoms. The van der Waals surface area contributed by atoms with Gasteiger partial charge in [-0.2, -0.15) is 0 Å². The first kappa shape index (κ1) is 20.7. The van der Waals surface area contributed by atoms with Crippen molar-refractivity contribution in [1.29, 1.82) is 0 Å². The molecule has 1 saturated heterocycles. The van der Waals surface area contributed by atoms with Gasteiger partial charge in [0.15, 0.2) is 0 Å². The number of hydrogen-bond donors (Lipinski definition) is 0. The van der Waals surface area contributed by atoms with E-state index in [1.54, 1.807) is 0 Å². The number of rotatable bonds is 4. The van der Waals surface area contributed by atoms with Crippen LogP contribution in [0.2, 0.25) is 0 Å². The Morgan fingerprint density at radius 3 is 2.34 bits per heavy atom. The monoisotopic (exact) mass is 432 g/mol. The Labute approximate surface area is 187 Å². The fraction of sp³-hybridized carbons (Fsp3) is 0.440. The summed E-state index contributed by atoms with van der Waals surface area (Å²) in [5.41, 5.74) is 3.03. The minimum absolute atomic E-state index is 0.0416. The first-order valence-corrected chi connectivity index (χ1v) is 11.3. The molecule has 0 spiro atoms. The van der Waals surface area contributed by atoms with Crippen molar-refractivity contribution in [1.82, 2.24) is 19.9 Å². The van der Waals surface area contributed by atoms with E-state index < -0.39 is 5.41 Å². The summed E-state index contributed by atoms with van der Waals surface area (Å²) in [5, 5.41) is 4.73. The van der Waals surface area contributed by atoms with E-state index in [0.717, 1.165) is 24.1 Å². The maximum absolute atomic E-state index is 13.5. The SMILES string of the molecule is Cc1noc2nc(C3CC3)cc(C(=O)N3CCN(C(=O)C(C)(C)c4ccccc4)CC3)c12. The third-order valence-electron chi connectivity index (χ3n) is 6.75. The van der Waals surface area contributed by atoms with Crippen LogP contribution in [0.15, 0.2) is 40.9 Å². The smallest absolute Gasteiger partial charge is 0.259 e. The maximum Gasteiger partial charge on any atom is 0.259 e. The van der Waals surface area contributed by atoms with Crippen molar-refractivity contribution >= 4 is 22.9 Å². The van der Waals surface area contributed by atoms with Gasteiger partial charge in [-0.15, -0.1) is 0 Å². The highest BCUT2D eigenvalue weighted by atomic mass is 16.5. The van der Waals surface area contributed by atoms with Crippen molar-refractivity contribution < 1.29 is 14.1 Å². The summed E-state index contributed by atoms with van der Waals surface area (Å²) in [6.07, 6.45) is 2.19. The van der Waals surface area contributed by atoms with Crippen LogP contribution in [-0.2, 0) is 10.2 Å². The normalized spacial score (nSPS) is 17.1. The molecule has 5 rings (SSSR count). The molecule has 2 aromatic heterocycles. The second kappa shape index (κ2) is 7.73. The van der Waals surface area contributed by atoms with Crippen LogP contribution >= 0.6 is 0 Å². The Morgan fingerprint density at radius 2 is 1.69 bits per heavy atom. The van der Waals surface area contributed by atoms with Gasteiger partial charge in [-0.05, 0) is 45.2 Å². The van der Waals surface area contributed by atoms with Crippen LogP contribution in [0.25, 0.3) is 11.1 Å². The molecule has 3 heterocycles. The molecule has 0 bridgehead atoms. The largest absolute Gasteiger partial charge is 0.338 e. The Bertz CT molecular complexity index is 1170. The lowest BCUT2D eigenvalue weighted by Crippen LogP contribution is -2.54. The van der Waals surface area contributed by atoms with Crippen LogP contribution < -0.4 is 0 Å². The number of aromatic nitrogens is 2. The van der Waals surface area contributed by atoms with Crippen molar-refractivity contribution in [2.45, 2.75) is 44.9 Å². The average molecular weight is 433 g/mol. The molecule has 0 N–H and O–H groups in total. The lowest BCUT2D eigenvalue weighted by Gasteiger charge is -2.39. The van der Waals surface area contributed by atoms with E-state index >= 15 is 0 Å². The zero-order chi connectivity index (χ0) is 22.5. The van der Waals surface area contributed by atoms with E-state index in [9.17, 15) is 9.59 Å². The lowest BCUT2D eigenvalue weighted by atomic mass is 9.83. The van der Waals surface area contributed by atoms with Gasteiger partial charge >= 0.3 is 0 Å². The fourth-order valence-corrected chi connectivity index (χ4v) is 4.53. The van der Waals surface area contributed by atoms with E-state index in [0.29, 0.717) is 54.5 Å². The molecule has 32 heavy (non-hydrogen) atoms. The standard InChI is InChI=1S/C25H28N4O3/c1-16-21-19(15-20(17-9-10-17)26-22(21)32-27-16)23(30)28-11-13-29(14-12-28)24(31)25(2,3)18-7-5-4-6-8-18/h4-8,15,17H,9-14H2,1-3H3. The molecule has 0 unspecified atom stereocenters. The molecule has 1 aliphatic carbocycles. The average Bonchev–Trinajstić information content (AvgIpc) is 3.61. The predicted octanol–water partition coefficient (Wildman–Crippen LogP) is 3.67. The number of piperazine rings is 1. The zero-order valence-electron chi connectivity index (χ0n) is 18.8. The predicted molar refractivity (Wildman–Crippen MR) is 120 cm³/mol. The first-order chi connectivity index (χ1) is 15.4. The zero-order valence-corrected chi connectivity index (χ0v) is 18.8. The van der Waals surface area contributed by atoms with Gasteiger partial charge < -0.3 is 14.3 Å². The van der Waals surface area contributed by atoms with E-state index in [1.807, 2.05) is 67.0 Å². The van der Waals surface area contributed by atoms with Gasteiger partial charge in [-0.3, -0.25) is 9.59 Å². The first-order valence-electron chi connectivity index (χ1n) is 11.3. The van der Waals surface area contributed by atoms with Gasteiger partial charge in [0.1, 0.15) is 0 Å². The molecule has 2 amide bonds. The van der Waals surface area contributed by atoms with Crippen molar-refractivity contribution in [2.24, 2.45) is 0 Å². The second-order valence-electron chi connectivity index (χ2n) is 9.39. The van der Waals surface area contributed by atoms with Gasteiger partial charge in [-0.25, -0.2) is 4.98 Å². The van der Waals surface area contributed by atoms with Crippen LogP contribution in [0.1, 0.15) is 59.9 Å².